The van der Waals surface area contributed by atoms with Crippen molar-refractivity contribution in [1.29, 1.82) is 0 Å². The van der Waals surface area contributed by atoms with Crippen LogP contribution in [0.1, 0.15) is 10.4 Å². The number of hydrogen-bond donors (Lipinski definition) is 2. The minimum Gasteiger partial charge on any atom is -0.507 e. The molecule has 2 aromatic carbocycles. The average Bonchev–Trinajstić information content (AvgIpc) is 2.41. The standard InChI is InChI=1S/C14H12O3S2/c15-11-6-2-4-8-13(11)19-9-18-12-7-3-1-5-10(12)14(16)17/h1-8,15H,9H2,(H,16,17). The molecule has 0 bridgehead atoms. The summed E-state index contributed by atoms with van der Waals surface area (Å²) in [7, 11) is 0. The Morgan fingerprint density at radius 1 is 0.947 bits per heavy atom. The number of carbonyl (C=O) groups is 1. The molecule has 0 fully saturated rings. The molecule has 2 aromatic rings. The minimum atomic E-state index is -0.921. The molecule has 0 unspecified atom stereocenters. The third-order valence-corrected chi connectivity index (χ3v) is 4.68. The zero-order valence-corrected chi connectivity index (χ0v) is 11.6. The van der Waals surface area contributed by atoms with E-state index >= 15 is 0 Å². The molecule has 0 aliphatic rings. The molecule has 0 aliphatic heterocycles. The number of aromatic hydroxyl groups is 1. The van der Waals surface area contributed by atoms with E-state index in [1.165, 1.54) is 23.5 Å². The molecule has 0 heterocycles. The lowest BCUT2D eigenvalue weighted by molar-refractivity contribution is 0.0693. The van der Waals surface area contributed by atoms with Gasteiger partial charge < -0.3 is 10.2 Å². The Labute approximate surface area is 119 Å². The molecule has 0 aromatic heterocycles. The number of aromatic carboxylic acids is 1. The molecule has 0 aliphatic carbocycles. The second kappa shape index (κ2) is 6.54. The van der Waals surface area contributed by atoms with Crippen molar-refractivity contribution in [2.75, 3.05) is 5.08 Å². The van der Waals surface area contributed by atoms with E-state index in [1.807, 2.05) is 18.2 Å². The molecule has 3 nitrogen and oxygen atoms in total. The first-order valence-electron chi connectivity index (χ1n) is 5.54. The second-order valence-corrected chi connectivity index (χ2v) is 6.08. The SMILES string of the molecule is O=C(O)c1ccccc1SCSc1ccccc1O. The Balaban J connectivity index is 2.00. The van der Waals surface area contributed by atoms with Crippen LogP contribution in [-0.2, 0) is 0 Å². The first-order chi connectivity index (χ1) is 9.18. The van der Waals surface area contributed by atoms with E-state index in [9.17, 15) is 9.90 Å². The topological polar surface area (TPSA) is 57.5 Å². The second-order valence-electron chi connectivity index (χ2n) is 3.68. The van der Waals surface area contributed by atoms with E-state index < -0.39 is 5.97 Å². The molecular formula is C14H12O3S2. The fraction of sp³-hybridized carbons (Fsp3) is 0.0714. The zero-order chi connectivity index (χ0) is 13.7. The van der Waals surface area contributed by atoms with Gasteiger partial charge in [0.2, 0.25) is 0 Å². The van der Waals surface area contributed by atoms with Crippen LogP contribution in [0.5, 0.6) is 5.75 Å². The van der Waals surface area contributed by atoms with Gasteiger partial charge in [0.15, 0.2) is 0 Å². The van der Waals surface area contributed by atoms with Gasteiger partial charge in [0.1, 0.15) is 5.75 Å². The third-order valence-electron chi connectivity index (χ3n) is 2.41. The molecular weight excluding hydrogens is 280 g/mol. The maximum Gasteiger partial charge on any atom is 0.336 e. The van der Waals surface area contributed by atoms with Crippen LogP contribution in [0.3, 0.4) is 0 Å². The molecule has 2 rings (SSSR count). The van der Waals surface area contributed by atoms with Crippen LogP contribution in [0, 0.1) is 0 Å². The number of carboxylic acids is 1. The lowest BCUT2D eigenvalue weighted by Gasteiger charge is -2.06. The van der Waals surface area contributed by atoms with Gasteiger partial charge in [0.25, 0.3) is 0 Å². The number of thioether (sulfide) groups is 2. The van der Waals surface area contributed by atoms with Crippen LogP contribution in [-0.4, -0.2) is 21.3 Å². The summed E-state index contributed by atoms with van der Waals surface area (Å²) in [6.45, 7) is 0. The van der Waals surface area contributed by atoms with Gasteiger partial charge in [0, 0.05) is 14.9 Å². The molecule has 5 heteroatoms. The van der Waals surface area contributed by atoms with Gasteiger partial charge in [0.05, 0.1) is 5.56 Å². The molecule has 0 amide bonds. The maximum atomic E-state index is 11.0. The largest absolute Gasteiger partial charge is 0.507 e. The van der Waals surface area contributed by atoms with Crippen LogP contribution in [0.15, 0.2) is 58.3 Å². The Morgan fingerprint density at radius 3 is 2.21 bits per heavy atom. The van der Waals surface area contributed by atoms with Gasteiger partial charge in [-0.1, -0.05) is 24.3 Å². The smallest absolute Gasteiger partial charge is 0.336 e. The normalized spacial score (nSPS) is 10.3. The van der Waals surface area contributed by atoms with Crippen molar-refractivity contribution in [2.45, 2.75) is 9.79 Å². The Bertz CT molecular complexity index is 584. The summed E-state index contributed by atoms with van der Waals surface area (Å²) in [6, 6.07) is 14.0. The van der Waals surface area contributed by atoms with Crippen molar-refractivity contribution in [3.05, 3.63) is 54.1 Å². The van der Waals surface area contributed by atoms with Gasteiger partial charge in [-0.3, -0.25) is 0 Å². The monoisotopic (exact) mass is 292 g/mol. The number of hydrogen-bond acceptors (Lipinski definition) is 4. The van der Waals surface area contributed by atoms with Crippen molar-refractivity contribution in [1.82, 2.24) is 0 Å². The maximum absolute atomic E-state index is 11.0. The number of phenols is 1. The van der Waals surface area contributed by atoms with E-state index in [-0.39, 0.29) is 5.75 Å². The predicted octanol–water partition coefficient (Wildman–Crippen LogP) is 3.93. The summed E-state index contributed by atoms with van der Waals surface area (Å²) < 4.78 is 0. The van der Waals surface area contributed by atoms with Gasteiger partial charge in [-0.25, -0.2) is 4.79 Å². The molecule has 0 saturated carbocycles. The first-order valence-corrected chi connectivity index (χ1v) is 7.51. The van der Waals surface area contributed by atoms with Gasteiger partial charge in [-0.15, -0.1) is 23.5 Å². The minimum absolute atomic E-state index is 0.250. The highest BCUT2D eigenvalue weighted by Gasteiger charge is 2.09. The number of para-hydroxylation sites is 1. The molecule has 0 radical (unpaired) electrons. The van der Waals surface area contributed by atoms with Crippen LogP contribution in [0.2, 0.25) is 0 Å². The molecule has 19 heavy (non-hydrogen) atoms. The van der Waals surface area contributed by atoms with Gasteiger partial charge >= 0.3 is 5.97 Å². The van der Waals surface area contributed by atoms with E-state index in [1.54, 1.807) is 30.3 Å². The Hall–Kier alpha value is -1.59. The van der Waals surface area contributed by atoms with Crippen molar-refractivity contribution >= 4 is 29.5 Å². The lowest BCUT2D eigenvalue weighted by atomic mass is 10.2. The molecule has 0 saturated heterocycles. The Kier molecular flexibility index (Phi) is 4.76. The van der Waals surface area contributed by atoms with Crippen LogP contribution in [0.25, 0.3) is 0 Å². The quantitative estimate of drug-likeness (QED) is 0.646. The van der Waals surface area contributed by atoms with Crippen LogP contribution >= 0.6 is 23.5 Å². The molecule has 0 atom stereocenters. The van der Waals surface area contributed by atoms with E-state index in [4.69, 9.17) is 5.11 Å². The zero-order valence-electron chi connectivity index (χ0n) is 9.95. The summed E-state index contributed by atoms with van der Waals surface area (Å²) in [6.07, 6.45) is 0. The van der Waals surface area contributed by atoms with Crippen molar-refractivity contribution in [3.8, 4) is 5.75 Å². The van der Waals surface area contributed by atoms with E-state index in [0.717, 1.165) is 9.79 Å². The summed E-state index contributed by atoms with van der Waals surface area (Å²) in [5.74, 6) is -0.671. The predicted molar refractivity (Wildman–Crippen MR) is 78.1 cm³/mol. The fourth-order valence-electron chi connectivity index (χ4n) is 1.50. The first kappa shape index (κ1) is 13.8. The number of phenolic OH excluding ortho intramolecular Hbond substituents is 1. The lowest BCUT2D eigenvalue weighted by Crippen LogP contribution is -1.98. The van der Waals surface area contributed by atoms with E-state index in [2.05, 4.69) is 0 Å². The Morgan fingerprint density at radius 2 is 1.53 bits per heavy atom. The summed E-state index contributed by atoms with van der Waals surface area (Å²) in [5.41, 5.74) is 0.311. The average molecular weight is 292 g/mol. The van der Waals surface area contributed by atoms with Crippen molar-refractivity contribution < 1.29 is 15.0 Å². The van der Waals surface area contributed by atoms with E-state index in [0.29, 0.717) is 10.6 Å². The summed E-state index contributed by atoms with van der Waals surface area (Å²) in [4.78, 5) is 12.6. The van der Waals surface area contributed by atoms with Crippen LogP contribution in [0.4, 0.5) is 0 Å². The van der Waals surface area contributed by atoms with Crippen molar-refractivity contribution in [3.63, 3.8) is 0 Å². The molecule has 0 spiro atoms. The van der Waals surface area contributed by atoms with Gasteiger partial charge in [-0.2, -0.15) is 0 Å². The molecule has 98 valence electrons. The number of benzene rings is 2. The summed E-state index contributed by atoms with van der Waals surface area (Å²) >= 11 is 2.93. The fourth-order valence-corrected chi connectivity index (χ4v) is 3.63. The number of rotatable bonds is 5. The third kappa shape index (κ3) is 3.68. The van der Waals surface area contributed by atoms with Gasteiger partial charge in [-0.05, 0) is 24.3 Å². The number of carboxylic acid groups (broad SMARTS) is 1. The summed E-state index contributed by atoms with van der Waals surface area (Å²) in [5, 5.41) is 19.3. The van der Waals surface area contributed by atoms with Crippen LogP contribution < -0.4 is 0 Å². The van der Waals surface area contributed by atoms with Crippen molar-refractivity contribution in [2.24, 2.45) is 0 Å². The highest BCUT2D eigenvalue weighted by molar-refractivity contribution is 8.16. The highest BCUT2D eigenvalue weighted by Crippen LogP contribution is 2.33. The molecule has 2 N–H and O–H groups in total. The highest BCUT2D eigenvalue weighted by atomic mass is 32.2.